The van der Waals surface area contributed by atoms with Crippen molar-refractivity contribution in [1.29, 1.82) is 0 Å². The molecule has 35 heavy (non-hydrogen) atoms. The van der Waals surface area contributed by atoms with Gasteiger partial charge in [-0.2, -0.15) is 0 Å². The second-order valence-electron chi connectivity index (χ2n) is 7.81. The van der Waals surface area contributed by atoms with Gasteiger partial charge >= 0.3 is 5.97 Å². The molecule has 9 nitrogen and oxygen atoms in total. The smallest absolute Gasteiger partial charge is 0.311 e. The molecule has 2 N–H and O–H groups in total. The number of nitrogens with zero attached hydrogens (tertiary/aromatic N) is 1. The second-order valence-corrected chi connectivity index (χ2v) is 7.81. The number of nitrogens with one attached hydrogen (secondary N) is 2. The fourth-order valence-electron chi connectivity index (χ4n) is 3.43. The first-order valence-electron chi connectivity index (χ1n) is 10.9. The SMILES string of the molecule is O=C(COC(=O)[C@H]1CC(=O)N(NC(=O)c2ccccc2)C1)Nc1ccc(Oc2ccccc2)cc1. The van der Waals surface area contributed by atoms with E-state index in [1.807, 2.05) is 30.3 Å². The highest BCUT2D eigenvalue weighted by atomic mass is 16.5. The first kappa shape index (κ1) is 23.5. The fourth-order valence-corrected chi connectivity index (χ4v) is 3.43. The van der Waals surface area contributed by atoms with Crippen molar-refractivity contribution >= 4 is 29.4 Å². The Morgan fingerprint density at radius 2 is 1.49 bits per heavy atom. The third-order valence-corrected chi connectivity index (χ3v) is 5.19. The van der Waals surface area contributed by atoms with Gasteiger partial charge in [-0.05, 0) is 48.5 Å². The minimum Gasteiger partial charge on any atom is -0.457 e. The van der Waals surface area contributed by atoms with Crippen LogP contribution >= 0.6 is 0 Å². The topological polar surface area (TPSA) is 114 Å². The van der Waals surface area contributed by atoms with Crippen LogP contribution < -0.4 is 15.5 Å². The van der Waals surface area contributed by atoms with Crippen LogP contribution in [0.15, 0.2) is 84.9 Å². The molecule has 4 rings (SSSR count). The zero-order chi connectivity index (χ0) is 24.6. The van der Waals surface area contributed by atoms with E-state index in [1.165, 1.54) is 0 Å². The van der Waals surface area contributed by atoms with E-state index in [1.54, 1.807) is 54.6 Å². The monoisotopic (exact) mass is 473 g/mol. The number of hydrogen-bond acceptors (Lipinski definition) is 6. The lowest BCUT2D eigenvalue weighted by molar-refractivity contribution is -0.151. The van der Waals surface area contributed by atoms with Crippen LogP contribution in [0.25, 0.3) is 0 Å². The van der Waals surface area contributed by atoms with Gasteiger partial charge in [0.1, 0.15) is 11.5 Å². The summed E-state index contributed by atoms with van der Waals surface area (Å²) in [6, 6.07) is 24.5. The van der Waals surface area contributed by atoms with E-state index in [0.717, 1.165) is 5.01 Å². The lowest BCUT2D eigenvalue weighted by Gasteiger charge is -2.17. The zero-order valence-corrected chi connectivity index (χ0v) is 18.7. The van der Waals surface area contributed by atoms with Gasteiger partial charge in [-0.3, -0.25) is 29.6 Å². The first-order valence-corrected chi connectivity index (χ1v) is 10.9. The van der Waals surface area contributed by atoms with Crippen LogP contribution in [0, 0.1) is 5.92 Å². The van der Waals surface area contributed by atoms with Crippen LogP contribution in [0.3, 0.4) is 0 Å². The van der Waals surface area contributed by atoms with Gasteiger partial charge in [0, 0.05) is 17.7 Å². The van der Waals surface area contributed by atoms with Crippen LogP contribution in [0.5, 0.6) is 11.5 Å². The molecule has 3 aromatic rings. The second kappa shape index (κ2) is 11.0. The van der Waals surface area contributed by atoms with Gasteiger partial charge in [0.05, 0.1) is 12.5 Å². The lowest BCUT2D eigenvalue weighted by atomic mass is 10.1. The summed E-state index contributed by atoms with van der Waals surface area (Å²) < 4.78 is 10.8. The molecule has 0 aliphatic carbocycles. The van der Waals surface area contributed by atoms with Crippen molar-refractivity contribution in [3.63, 3.8) is 0 Å². The summed E-state index contributed by atoms with van der Waals surface area (Å²) in [7, 11) is 0. The molecule has 1 saturated heterocycles. The van der Waals surface area contributed by atoms with E-state index in [4.69, 9.17) is 9.47 Å². The molecule has 0 aromatic heterocycles. The molecular weight excluding hydrogens is 450 g/mol. The van der Waals surface area contributed by atoms with Crippen molar-refractivity contribution < 1.29 is 28.7 Å². The Hall–Kier alpha value is -4.66. The minimum atomic E-state index is -0.777. The maximum Gasteiger partial charge on any atom is 0.311 e. The fraction of sp³-hybridized carbons (Fsp3) is 0.154. The molecule has 1 atom stereocenters. The van der Waals surface area contributed by atoms with E-state index in [-0.39, 0.29) is 13.0 Å². The largest absolute Gasteiger partial charge is 0.457 e. The highest BCUT2D eigenvalue weighted by Gasteiger charge is 2.36. The molecule has 0 bridgehead atoms. The molecule has 3 amide bonds. The Kier molecular flexibility index (Phi) is 7.37. The molecule has 1 aliphatic heterocycles. The Bertz CT molecular complexity index is 1200. The van der Waals surface area contributed by atoms with Crippen LogP contribution in [-0.2, 0) is 19.1 Å². The zero-order valence-electron chi connectivity index (χ0n) is 18.7. The van der Waals surface area contributed by atoms with Gasteiger partial charge in [-0.25, -0.2) is 0 Å². The number of benzene rings is 3. The molecule has 1 heterocycles. The average Bonchev–Trinajstić information content (AvgIpc) is 3.25. The number of rotatable bonds is 8. The number of hydrogen-bond donors (Lipinski definition) is 2. The number of anilines is 1. The molecule has 178 valence electrons. The van der Waals surface area contributed by atoms with Crippen LogP contribution in [-0.4, -0.2) is 41.9 Å². The number of hydrazine groups is 1. The summed E-state index contributed by atoms with van der Waals surface area (Å²) in [6.07, 6.45) is -0.113. The van der Waals surface area contributed by atoms with Gasteiger partial charge in [0.2, 0.25) is 5.91 Å². The van der Waals surface area contributed by atoms with Crippen LogP contribution in [0.4, 0.5) is 5.69 Å². The summed E-state index contributed by atoms with van der Waals surface area (Å²) in [5.41, 5.74) is 3.40. The third-order valence-electron chi connectivity index (χ3n) is 5.19. The lowest BCUT2D eigenvalue weighted by Crippen LogP contribution is -2.43. The Morgan fingerprint density at radius 1 is 0.857 bits per heavy atom. The molecule has 0 saturated carbocycles. The molecule has 0 unspecified atom stereocenters. The molecule has 0 spiro atoms. The summed E-state index contributed by atoms with van der Waals surface area (Å²) in [5.74, 6) is -1.53. The number of para-hydroxylation sites is 1. The first-order chi connectivity index (χ1) is 17.0. The van der Waals surface area contributed by atoms with Crippen molar-refractivity contribution in [2.75, 3.05) is 18.5 Å². The van der Waals surface area contributed by atoms with Crippen LogP contribution in [0.1, 0.15) is 16.8 Å². The minimum absolute atomic E-state index is 0.0270. The molecule has 9 heteroatoms. The third kappa shape index (κ3) is 6.44. The van der Waals surface area contributed by atoms with Crippen LogP contribution in [0.2, 0.25) is 0 Å². The van der Waals surface area contributed by atoms with Gasteiger partial charge < -0.3 is 14.8 Å². The van der Waals surface area contributed by atoms with Crippen molar-refractivity contribution in [2.45, 2.75) is 6.42 Å². The van der Waals surface area contributed by atoms with Gasteiger partial charge in [0.15, 0.2) is 6.61 Å². The predicted molar refractivity (Wildman–Crippen MR) is 126 cm³/mol. The van der Waals surface area contributed by atoms with E-state index in [9.17, 15) is 19.2 Å². The average molecular weight is 473 g/mol. The number of amides is 3. The van der Waals surface area contributed by atoms with E-state index in [0.29, 0.717) is 22.7 Å². The Labute approximate surface area is 201 Å². The highest BCUT2D eigenvalue weighted by molar-refractivity contribution is 5.97. The molecule has 0 radical (unpaired) electrons. The molecule has 1 fully saturated rings. The maximum absolute atomic E-state index is 12.4. The Balaban J connectivity index is 1.21. The predicted octanol–water partition coefficient (Wildman–Crippen LogP) is 3.15. The van der Waals surface area contributed by atoms with Gasteiger partial charge in [0.25, 0.3) is 11.8 Å². The standard InChI is InChI=1S/C26H23N3O6/c30-23(27-20-11-13-22(14-12-20)35-21-9-5-2-6-10-21)17-34-26(33)19-15-24(31)29(16-19)28-25(32)18-7-3-1-4-8-18/h1-14,19H,15-17H2,(H,27,30)(H,28,32)/t19-/m0/s1. The quantitative estimate of drug-likeness (QED) is 0.486. The van der Waals surface area contributed by atoms with Gasteiger partial charge in [-0.1, -0.05) is 36.4 Å². The molecular formula is C26H23N3O6. The van der Waals surface area contributed by atoms with Crippen molar-refractivity contribution in [3.8, 4) is 11.5 Å². The van der Waals surface area contributed by atoms with Gasteiger partial charge in [-0.15, -0.1) is 0 Å². The van der Waals surface area contributed by atoms with E-state index < -0.39 is 36.2 Å². The molecule has 1 aliphatic rings. The molecule has 3 aromatic carbocycles. The normalized spacial score (nSPS) is 14.8. The highest BCUT2D eigenvalue weighted by Crippen LogP contribution is 2.23. The number of carbonyl (C=O) groups excluding carboxylic acids is 4. The maximum atomic E-state index is 12.4. The summed E-state index contributed by atoms with van der Waals surface area (Å²) in [5, 5.41) is 3.73. The number of ether oxygens (including phenoxy) is 2. The number of esters is 1. The van der Waals surface area contributed by atoms with Crippen molar-refractivity contribution in [1.82, 2.24) is 10.4 Å². The summed E-state index contributed by atoms with van der Waals surface area (Å²) >= 11 is 0. The van der Waals surface area contributed by atoms with E-state index >= 15 is 0 Å². The summed E-state index contributed by atoms with van der Waals surface area (Å²) in [4.78, 5) is 49.0. The van der Waals surface area contributed by atoms with E-state index in [2.05, 4.69) is 10.7 Å². The van der Waals surface area contributed by atoms with Crippen molar-refractivity contribution in [2.24, 2.45) is 5.92 Å². The van der Waals surface area contributed by atoms with Crippen molar-refractivity contribution in [3.05, 3.63) is 90.5 Å². The Morgan fingerprint density at radius 3 is 2.17 bits per heavy atom. The summed E-state index contributed by atoms with van der Waals surface area (Å²) in [6.45, 7) is -0.525. The number of carbonyl (C=O) groups is 4.